The van der Waals surface area contributed by atoms with Crippen molar-refractivity contribution in [3.8, 4) is 0 Å². The predicted molar refractivity (Wildman–Crippen MR) is 122 cm³/mol. The number of hydrogen-bond acceptors (Lipinski definition) is 4. The van der Waals surface area contributed by atoms with Crippen LogP contribution in [0.25, 0.3) is 21.0 Å². The lowest BCUT2D eigenvalue weighted by atomic mass is 10.0. The van der Waals surface area contributed by atoms with Crippen LogP contribution in [0.4, 0.5) is 5.13 Å². The molecule has 0 spiro atoms. The van der Waals surface area contributed by atoms with Crippen molar-refractivity contribution in [3.05, 3.63) is 89.7 Å². The first-order valence-corrected chi connectivity index (χ1v) is 10.7. The van der Waals surface area contributed by atoms with Crippen LogP contribution in [0.15, 0.2) is 79.1 Å². The number of anilines is 1. The summed E-state index contributed by atoms with van der Waals surface area (Å²) < 4.78 is 2.76. The van der Waals surface area contributed by atoms with Gasteiger partial charge in [0.2, 0.25) is 0 Å². The summed E-state index contributed by atoms with van der Waals surface area (Å²) in [6.45, 7) is 1.01. The van der Waals surface area contributed by atoms with Gasteiger partial charge in [0.25, 0.3) is 5.91 Å². The molecule has 30 heavy (non-hydrogen) atoms. The zero-order valence-corrected chi connectivity index (χ0v) is 17.5. The standard InChI is InChI=1S/C23H17ClN4OS/c24-19-10-4-11-20-21(19)26-23(30-20)28(15-14-27-13-5-12-25-27)22(29)18-9-3-7-16-6-1-2-8-17(16)18/h1-13H,14-15H2. The molecule has 0 saturated carbocycles. The molecule has 0 saturated heterocycles. The van der Waals surface area contributed by atoms with Crippen molar-refractivity contribution < 1.29 is 4.79 Å². The third kappa shape index (κ3) is 3.44. The molecule has 148 valence electrons. The van der Waals surface area contributed by atoms with Crippen LogP contribution in [0, 0.1) is 0 Å². The third-order valence-electron chi connectivity index (χ3n) is 4.97. The van der Waals surface area contributed by atoms with Crippen LogP contribution in [-0.4, -0.2) is 27.2 Å². The van der Waals surface area contributed by atoms with Gasteiger partial charge in [-0.05, 0) is 35.0 Å². The summed E-state index contributed by atoms with van der Waals surface area (Å²) in [7, 11) is 0. The van der Waals surface area contributed by atoms with E-state index in [9.17, 15) is 4.79 Å². The summed E-state index contributed by atoms with van der Waals surface area (Å²) in [6.07, 6.45) is 3.62. The van der Waals surface area contributed by atoms with E-state index in [1.165, 1.54) is 11.3 Å². The Morgan fingerprint density at radius 3 is 2.70 bits per heavy atom. The Morgan fingerprint density at radius 2 is 1.87 bits per heavy atom. The summed E-state index contributed by atoms with van der Waals surface area (Å²) in [6, 6.07) is 21.2. The molecular weight excluding hydrogens is 416 g/mol. The highest BCUT2D eigenvalue weighted by Crippen LogP contribution is 2.34. The average Bonchev–Trinajstić information content (AvgIpc) is 3.44. The second-order valence-corrected chi connectivity index (χ2v) is 8.25. The van der Waals surface area contributed by atoms with Gasteiger partial charge in [-0.3, -0.25) is 14.4 Å². The van der Waals surface area contributed by atoms with E-state index >= 15 is 0 Å². The fourth-order valence-electron chi connectivity index (χ4n) is 3.50. The van der Waals surface area contributed by atoms with Gasteiger partial charge < -0.3 is 0 Å². The maximum atomic E-state index is 13.7. The van der Waals surface area contributed by atoms with Crippen LogP contribution < -0.4 is 4.90 Å². The Morgan fingerprint density at radius 1 is 1.03 bits per heavy atom. The van der Waals surface area contributed by atoms with Crippen LogP contribution >= 0.6 is 22.9 Å². The monoisotopic (exact) mass is 432 g/mol. The zero-order valence-electron chi connectivity index (χ0n) is 15.9. The molecule has 5 rings (SSSR count). The Bertz CT molecular complexity index is 1340. The molecule has 5 aromatic rings. The number of rotatable bonds is 5. The molecule has 0 aliphatic heterocycles. The Kier molecular flexibility index (Phi) is 4.94. The number of carbonyl (C=O) groups is 1. The van der Waals surface area contributed by atoms with Crippen molar-refractivity contribution >= 4 is 55.0 Å². The van der Waals surface area contributed by atoms with Crippen LogP contribution in [-0.2, 0) is 6.54 Å². The van der Waals surface area contributed by atoms with E-state index in [1.54, 1.807) is 11.1 Å². The van der Waals surface area contributed by atoms with Crippen molar-refractivity contribution in [2.45, 2.75) is 6.54 Å². The van der Waals surface area contributed by atoms with E-state index in [0.29, 0.717) is 34.3 Å². The van der Waals surface area contributed by atoms with E-state index in [4.69, 9.17) is 16.6 Å². The van der Waals surface area contributed by atoms with Gasteiger partial charge in [-0.1, -0.05) is 65.4 Å². The SMILES string of the molecule is O=C(c1cccc2ccccc12)N(CCn1cccn1)c1nc2c(Cl)cccc2s1. The number of amides is 1. The van der Waals surface area contributed by atoms with Gasteiger partial charge >= 0.3 is 0 Å². The Hall–Kier alpha value is -3.22. The van der Waals surface area contributed by atoms with Crippen LogP contribution in [0.1, 0.15) is 10.4 Å². The fraction of sp³-hybridized carbons (Fsp3) is 0.0870. The normalized spacial score (nSPS) is 11.2. The predicted octanol–water partition coefficient (Wildman–Crippen LogP) is 5.65. The molecule has 3 aromatic carbocycles. The van der Waals surface area contributed by atoms with E-state index in [2.05, 4.69) is 5.10 Å². The molecule has 0 N–H and O–H groups in total. The smallest absolute Gasteiger partial charge is 0.260 e. The summed E-state index contributed by atoms with van der Waals surface area (Å²) in [5.41, 5.74) is 1.37. The molecule has 0 radical (unpaired) electrons. The first-order valence-electron chi connectivity index (χ1n) is 9.53. The summed E-state index contributed by atoms with van der Waals surface area (Å²) in [5, 5.41) is 7.43. The average molecular weight is 433 g/mol. The second-order valence-electron chi connectivity index (χ2n) is 6.84. The van der Waals surface area contributed by atoms with E-state index in [0.717, 1.165) is 15.5 Å². The fourth-order valence-corrected chi connectivity index (χ4v) is 4.78. The molecule has 0 aliphatic carbocycles. The number of carbonyl (C=O) groups excluding carboxylic acids is 1. The molecule has 5 nitrogen and oxygen atoms in total. The topological polar surface area (TPSA) is 51.0 Å². The number of nitrogens with zero attached hydrogens (tertiary/aromatic N) is 4. The summed E-state index contributed by atoms with van der Waals surface area (Å²) in [5.74, 6) is -0.0888. The summed E-state index contributed by atoms with van der Waals surface area (Å²) in [4.78, 5) is 20.1. The maximum absolute atomic E-state index is 13.7. The molecular formula is C23H17ClN4OS. The molecule has 2 heterocycles. The highest BCUT2D eigenvalue weighted by Gasteiger charge is 2.23. The number of hydrogen-bond donors (Lipinski definition) is 0. The highest BCUT2D eigenvalue weighted by atomic mass is 35.5. The minimum absolute atomic E-state index is 0.0888. The minimum atomic E-state index is -0.0888. The number of aromatic nitrogens is 3. The third-order valence-corrected chi connectivity index (χ3v) is 6.32. The quantitative estimate of drug-likeness (QED) is 0.360. The summed E-state index contributed by atoms with van der Waals surface area (Å²) >= 11 is 7.80. The van der Waals surface area contributed by atoms with Crippen LogP contribution in [0.2, 0.25) is 5.02 Å². The second kappa shape index (κ2) is 7.89. The zero-order chi connectivity index (χ0) is 20.5. The molecule has 0 fully saturated rings. The molecule has 7 heteroatoms. The van der Waals surface area contributed by atoms with Gasteiger partial charge in [0, 0.05) is 24.5 Å². The van der Waals surface area contributed by atoms with Gasteiger partial charge in [-0.15, -0.1) is 0 Å². The Balaban J connectivity index is 1.59. The van der Waals surface area contributed by atoms with E-state index < -0.39 is 0 Å². The van der Waals surface area contributed by atoms with Gasteiger partial charge in [-0.2, -0.15) is 5.10 Å². The first-order chi connectivity index (χ1) is 14.7. The van der Waals surface area contributed by atoms with Crippen molar-refractivity contribution in [2.75, 3.05) is 11.4 Å². The molecule has 0 atom stereocenters. The van der Waals surface area contributed by atoms with Gasteiger partial charge in [0.15, 0.2) is 5.13 Å². The number of halogens is 1. The maximum Gasteiger partial charge on any atom is 0.260 e. The van der Waals surface area contributed by atoms with Crippen molar-refractivity contribution in [1.29, 1.82) is 0 Å². The largest absolute Gasteiger partial charge is 0.282 e. The van der Waals surface area contributed by atoms with Crippen LogP contribution in [0.3, 0.4) is 0 Å². The number of benzene rings is 3. The molecule has 1 amide bonds. The minimum Gasteiger partial charge on any atom is -0.282 e. The van der Waals surface area contributed by atoms with Gasteiger partial charge in [-0.25, -0.2) is 4.98 Å². The van der Waals surface area contributed by atoms with E-state index in [1.807, 2.05) is 77.6 Å². The Labute approximate surface area is 182 Å². The van der Waals surface area contributed by atoms with Crippen molar-refractivity contribution in [2.24, 2.45) is 0 Å². The van der Waals surface area contributed by atoms with Gasteiger partial charge in [0.1, 0.15) is 5.52 Å². The number of para-hydroxylation sites is 1. The lowest BCUT2D eigenvalue weighted by molar-refractivity contribution is 0.0987. The molecule has 0 aliphatic rings. The highest BCUT2D eigenvalue weighted by molar-refractivity contribution is 7.22. The van der Waals surface area contributed by atoms with Crippen molar-refractivity contribution in [3.63, 3.8) is 0 Å². The van der Waals surface area contributed by atoms with Crippen molar-refractivity contribution in [1.82, 2.24) is 14.8 Å². The molecule has 0 bridgehead atoms. The lowest BCUT2D eigenvalue weighted by Crippen LogP contribution is -2.34. The number of fused-ring (bicyclic) bond motifs is 2. The number of thiazole rings is 1. The lowest BCUT2D eigenvalue weighted by Gasteiger charge is -2.21. The van der Waals surface area contributed by atoms with E-state index in [-0.39, 0.29) is 5.91 Å². The first kappa shape index (κ1) is 18.8. The molecule has 2 aromatic heterocycles. The van der Waals surface area contributed by atoms with Crippen LogP contribution in [0.5, 0.6) is 0 Å². The van der Waals surface area contributed by atoms with Gasteiger partial charge in [0.05, 0.1) is 16.3 Å². The molecule has 0 unspecified atom stereocenters.